The quantitative estimate of drug-likeness (QED) is 0.292. The summed E-state index contributed by atoms with van der Waals surface area (Å²) in [6, 6.07) is 0. The Kier molecular flexibility index (Phi) is 5.18. The first-order chi connectivity index (χ1) is 6.11. The fraction of sp³-hybridized carbons (Fsp3) is 0.375. The summed E-state index contributed by atoms with van der Waals surface area (Å²) in [5, 5.41) is 0. The summed E-state index contributed by atoms with van der Waals surface area (Å²) in [6.45, 7) is 5.47. The Morgan fingerprint density at radius 1 is 1.69 bits per heavy atom. The van der Waals surface area contributed by atoms with E-state index in [0.717, 1.165) is 0 Å². The van der Waals surface area contributed by atoms with Crippen molar-refractivity contribution in [3.8, 4) is 0 Å². The second kappa shape index (κ2) is 5.93. The summed E-state index contributed by atoms with van der Waals surface area (Å²) >= 11 is 0. The van der Waals surface area contributed by atoms with Crippen molar-refractivity contribution in [2.45, 2.75) is 6.92 Å². The molecule has 0 radical (unpaired) electrons. The van der Waals surface area contributed by atoms with E-state index in [1.165, 1.54) is 13.3 Å². The molecule has 0 bridgehead atoms. The Hall–Kier alpha value is -1.65. The second-order valence-corrected chi connectivity index (χ2v) is 2.09. The van der Waals surface area contributed by atoms with E-state index in [1.54, 1.807) is 6.92 Å². The molecule has 0 rings (SSSR count). The molecule has 5 heteroatoms. The third kappa shape index (κ3) is 4.73. The lowest BCUT2D eigenvalue weighted by Crippen LogP contribution is -2.11. The number of carbonyl (C=O) groups is 1. The number of rotatable bonds is 3. The van der Waals surface area contributed by atoms with Crippen LogP contribution in [0.5, 0.6) is 0 Å². The normalized spacial score (nSPS) is 11.7. The number of nitrogens with two attached hydrogens (primary N) is 1. The highest BCUT2D eigenvalue weighted by Gasteiger charge is 2.03. The predicted molar refractivity (Wildman–Crippen MR) is 51.8 cm³/mol. The molecule has 0 heterocycles. The molecule has 0 amide bonds. The van der Waals surface area contributed by atoms with Gasteiger partial charge in [-0.05, 0) is 6.92 Å². The molecule has 0 aliphatic heterocycles. The van der Waals surface area contributed by atoms with Crippen LogP contribution < -0.4 is 5.73 Å². The molecular formula is C8H13N3O2. The molecule has 72 valence electrons. The molecule has 5 nitrogen and oxygen atoms in total. The van der Waals surface area contributed by atoms with Gasteiger partial charge in [-0.25, -0.2) is 9.79 Å². The third-order valence-electron chi connectivity index (χ3n) is 1.12. The van der Waals surface area contributed by atoms with E-state index in [9.17, 15) is 4.79 Å². The molecule has 2 N–H and O–H groups in total. The summed E-state index contributed by atoms with van der Waals surface area (Å²) in [6.07, 6.45) is 1.22. The molecule has 0 atom stereocenters. The molecule has 0 saturated heterocycles. The molecule has 0 aromatic carbocycles. The van der Waals surface area contributed by atoms with E-state index in [-0.39, 0.29) is 11.5 Å². The van der Waals surface area contributed by atoms with Crippen molar-refractivity contribution in [2.24, 2.45) is 15.7 Å². The topological polar surface area (TPSA) is 77.0 Å². The lowest BCUT2D eigenvalue weighted by atomic mass is 10.3. The number of hydrogen-bond acceptors (Lipinski definition) is 3. The predicted octanol–water partition coefficient (Wildman–Crippen LogP) is 0.121. The van der Waals surface area contributed by atoms with Crippen LogP contribution in [0.1, 0.15) is 6.92 Å². The van der Waals surface area contributed by atoms with Gasteiger partial charge in [0.25, 0.3) is 0 Å². The molecule has 0 aromatic heterocycles. The minimum atomic E-state index is -0.504. The Morgan fingerprint density at radius 3 is 2.77 bits per heavy atom. The molecule has 0 aliphatic rings. The van der Waals surface area contributed by atoms with E-state index >= 15 is 0 Å². The summed E-state index contributed by atoms with van der Waals surface area (Å²) < 4.78 is 4.66. The lowest BCUT2D eigenvalue weighted by molar-refractivity contribution is -0.137. The molecule has 0 fully saturated rings. The highest BCUT2D eigenvalue weighted by molar-refractivity contribution is 6.11. The van der Waals surface area contributed by atoms with Crippen LogP contribution in [0.3, 0.4) is 0 Å². The van der Waals surface area contributed by atoms with Gasteiger partial charge in [-0.1, -0.05) is 6.58 Å². The lowest BCUT2D eigenvalue weighted by Gasteiger charge is -1.98. The number of aliphatic imine (C=N–C) groups is 2. The zero-order valence-corrected chi connectivity index (χ0v) is 7.78. The van der Waals surface area contributed by atoms with Crippen molar-refractivity contribution in [3.63, 3.8) is 0 Å². The van der Waals surface area contributed by atoms with E-state index < -0.39 is 5.97 Å². The highest BCUT2D eigenvalue weighted by atomic mass is 16.5. The van der Waals surface area contributed by atoms with E-state index in [4.69, 9.17) is 5.73 Å². The number of nitrogens with zero attached hydrogens (tertiary/aromatic N) is 2. The van der Waals surface area contributed by atoms with Gasteiger partial charge in [0, 0.05) is 13.3 Å². The highest BCUT2D eigenvalue weighted by Crippen LogP contribution is 1.90. The fourth-order valence-electron chi connectivity index (χ4n) is 0.478. The largest absolute Gasteiger partial charge is 0.462 e. The molecule has 0 spiro atoms. The molecule has 0 aliphatic carbocycles. The third-order valence-corrected chi connectivity index (χ3v) is 1.12. The first-order valence-electron chi connectivity index (χ1n) is 3.74. The molecule has 0 saturated carbocycles. The van der Waals surface area contributed by atoms with Gasteiger partial charge in [0.15, 0.2) is 0 Å². The maximum Gasteiger partial charge on any atom is 0.339 e. The first-order valence-corrected chi connectivity index (χ1v) is 3.74. The zero-order valence-electron chi connectivity index (χ0n) is 7.78. The van der Waals surface area contributed by atoms with Crippen LogP contribution in [0, 0.1) is 0 Å². The van der Waals surface area contributed by atoms with E-state index in [0.29, 0.717) is 6.61 Å². The summed E-state index contributed by atoms with van der Waals surface area (Å²) in [4.78, 5) is 18.2. The summed E-state index contributed by atoms with van der Waals surface area (Å²) in [5.41, 5.74) is 5.40. The average molecular weight is 183 g/mol. The Balaban J connectivity index is 4.15. The number of carbonyl (C=O) groups excluding carboxylic acids is 1. The second-order valence-electron chi connectivity index (χ2n) is 2.09. The van der Waals surface area contributed by atoms with Crippen LogP contribution in [-0.2, 0) is 9.53 Å². The molecule has 0 unspecified atom stereocenters. The Labute approximate surface area is 77.0 Å². The molecule has 0 aromatic rings. The SMILES string of the molecule is C=C(/C=N\C(N)=N/C)C(=O)OCC. The molecule has 13 heavy (non-hydrogen) atoms. The van der Waals surface area contributed by atoms with Crippen LogP contribution in [0.15, 0.2) is 22.1 Å². The van der Waals surface area contributed by atoms with Gasteiger partial charge in [0.2, 0.25) is 5.96 Å². The van der Waals surface area contributed by atoms with Crippen LogP contribution in [0.4, 0.5) is 0 Å². The van der Waals surface area contributed by atoms with Gasteiger partial charge in [0.1, 0.15) is 0 Å². The van der Waals surface area contributed by atoms with Gasteiger partial charge in [-0.3, -0.25) is 4.99 Å². The Morgan fingerprint density at radius 2 is 2.31 bits per heavy atom. The van der Waals surface area contributed by atoms with Crippen molar-refractivity contribution in [1.82, 2.24) is 0 Å². The minimum Gasteiger partial charge on any atom is -0.462 e. The van der Waals surface area contributed by atoms with E-state index in [2.05, 4.69) is 21.3 Å². The summed E-state index contributed by atoms with van der Waals surface area (Å²) in [7, 11) is 1.50. The van der Waals surface area contributed by atoms with Gasteiger partial charge >= 0.3 is 5.97 Å². The maximum atomic E-state index is 11.0. The van der Waals surface area contributed by atoms with Crippen LogP contribution >= 0.6 is 0 Å². The smallest absolute Gasteiger partial charge is 0.339 e. The van der Waals surface area contributed by atoms with Gasteiger partial charge in [0.05, 0.1) is 12.2 Å². The van der Waals surface area contributed by atoms with Crippen molar-refractivity contribution in [1.29, 1.82) is 0 Å². The van der Waals surface area contributed by atoms with Crippen molar-refractivity contribution >= 4 is 18.1 Å². The number of ether oxygens (including phenoxy) is 1. The number of esters is 1. The molecular weight excluding hydrogens is 170 g/mol. The van der Waals surface area contributed by atoms with Gasteiger partial charge < -0.3 is 10.5 Å². The van der Waals surface area contributed by atoms with Crippen LogP contribution in [0.2, 0.25) is 0 Å². The van der Waals surface area contributed by atoms with Gasteiger partial charge in [-0.15, -0.1) is 0 Å². The van der Waals surface area contributed by atoms with Crippen molar-refractivity contribution < 1.29 is 9.53 Å². The van der Waals surface area contributed by atoms with E-state index in [1.807, 2.05) is 0 Å². The maximum absolute atomic E-state index is 11.0. The van der Waals surface area contributed by atoms with Crippen LogP contribution in [-0.4, -0.2) is 31.8 Å². The average Bonchev–Trinajstić information content (AvgIpc) is 2.13. The standard InChI is InChI=1S/C8H13N3O2/c1-4-13-7(12)6(2)5-11-8(9)10-3/h5H,2,4H2,1,3H3,(H2,9,10)/b11-5-. The van der Waals surface area contributed by atoms with Gasteiger partial charge in [-0.2, -0.15) is 0 Å². The number of guanidine groups is 1. The van der Waals surface area contributed by atoms with Crippen LogP contribution in [0.25, 0.3) is 0 Å². The minimum absolute atomic E-state index is 0.0884. The number of hydrogen-bond donors (Lipinski definition) is 1. The van der Waals surface area contributed by atoms with Crippen molar-refractivity contribution in [2.75, 3.05) is 13.7 Å². The monoisotopic (exact) mass is 183 g/mol. The summed E-state index contributed by atoms with van der Waals surface area (Å²) in [5.74, 6) is -0.416. The fourth-order valence-corrected chi connectivity index (χ4v) is 0.478. The zero-order chi connectivity index (χ0) is 10.3. The van der Waals surface area contributed by atoms with Crippen molar-refractivity contribution in [3.05, 3.63) is 12.2 Å². The first kappa shape index (κ1) is 11.4. The Bertz CT molecular complexity index is 256.